The normalized spacial score (nSPS) is 24.1. The maximum absolute atomic E-state index is 12.7. The van der Waals surface area contributed by atoms with Crippen molar-refractivity contribution in [1.29, 1.82) is 0 Å². The second kappa shape index (κ2) is 6.11. The Morgan fingerprint density at radius 2 is 1.65 bits per heavy atom. The van der Waals surface area contributed by atoms with Gasteiger partial charge in [-0.1, -0.05) is 6.07 Å². The van der Waals surface area contributed by atoms with E-state index in [9.17, 15) is 34.8 Å². The molecule has 1 saturated carbocycles. The highest BCUT2D eigenvalue weighted by atomic mass is 32.2. The van der Waals surface area contributed by atoms with Gasteiger partial charge < -0.3 is 0 Å². The van der Waals surface area contributed by atoms with E-state index in [1.807, 2.05) is 0 Å². The summed E-state index contributed by atoms with van der Waals surface area (Å²) in [5, 5.41) is -0.910. The van der Waals surface area contributed by atoms with Gasteiger partial charge in [-0.15, -0.1) is 0 Å². The molecule has 3 rings (SSSR count). The topological polar surface area (TPSA) is 46.5 Å². The lowest BCUT2D eigenvalue weighted by molar-refractivity contribution is -0.137. The molecule has 1 aromatic carbocycles. The highest BCUT2D eigenvalue weighted by Crippen LogP contribution is 2.44. The van der Waals surface area contributed by atoms with E-state index in [0.29, 0.717) is 11.6 Å². The average molecular weight is 397 g/mol. The zero-order valence-electron chi connectivity index (χ0n) is 13.1. The Labute approximate surface area is 145 Å². The number of aliphatic imine (C=N–C) groups is 1. The van der Waals surface area contributed by atoms with E-state index in [-0.39, 0.29) is 25.2 Å². The standard InChI is InChI=1S/C16H13F6NO2S/c17-15(18,19)11-2-1-3-12(7-11)26(24,25)13-4-9(5-13)10-6-14(23-8-10)16(20,21)22/h1-3,7-9,13H,4-6H2. The van der Waals surface area contributed by atoms with Gasteiger partial charge in [-0.05, 0) is 42.5 Å². The Kier molecular flexibility index (Phi) is 4.45. The maximum atomic E-state index is 12.7. The molecule has 0 saturated heterocycles. The first-order chi connectivity index (χ1) is 11.9. The lowest BCUT2D eigenvalue weighted by Gasteiger charge is -2.35. The highest BCUT2D eigenvalue weighted by molar-refractivity contribution is 7.92. The van der Waals surface area contributed by atoms with Crippen molar-refractivity contribution in [2.75, 3.05) is 0 Å². The summed E-state index contributed by atoms with van der Waals surface area (Å²) in [7, 11) is -3.98. The van der Waals surface area contributed by atoms with E-state index in [1.165, 1.54) is 0 Å². The van der Waals surface area contributed by atoms with E-state index in [4.69, 9.17) is 0 Å². The molecule has 0 radical (unpaired) electrons. The number of sulfone groups is 1. The van der Waals surface area contributed by atoms with Crippen LogP contribution in [0.3, 0.4) is 0 Å². The zero-order chi connectivity index (χ0) is 19.3. The molecule has 1 aliphatic carbocycles. The second-order valence-corrected chi connectivity index (χ2v) is 8.54. The Morgan fingerprint density at radius 1 is 1.00 bits per heavy atom. The number of alkyl halides is 6. The first kappa shape index (κ1) is 18.9. The van der Waals surface area contributed by atoms with Crippen LogP contribution in [0.25, 0.3) is 0 Å². The second-order valence-electron chi connectivity index (χ2n) is 6.32. The predicted molar refractivity (Wildman–Crippen MR) is 81.3 cm³/mol. The van der Waals surface area contributed by atoms with Gasteiger partial charge in [0.1, 0.15) is 5.71 Å². The molecule has 0 amide bonds. The minimum Gasteiger partial charge on any atom is -0.256 e. The van der Waals surface area contributed by atoms with E-state index in [2.05, 4.69) is 4.99 Å². The molecule has 0 unspecified atom stereocenters. The minimum absolute atomic E-state index is 0.0745. The number of hydrogen-bond donors (Lipinski definition) is 0. The lowest BCUT2D eigenvalue weighted by Crippen LogP contribution is -2.37. The Hall–Kier alpha value is -1.84. The average Bonchev–Trinajstić information content (AvgIpc) is 2.94. The van der Waals surface area contributed by atoms with Gasteiger partial charge in [-0.3, -0.25) is 4.99 Å². The van der Waals surface area contributed by atoms with E-state index < -0.39 is 43.6 Å². The zero-order valence-corrected chi connectivity index (χ0v) is 13.9. The summed E-state index contributed by atoms with van der Waals surface area (Å²) in [5.74, 6) is -0.357. The van der Waals surface area contributed by atoms with Gasteiger partial charge in [-0.2, -0.15) is 26.3 Å². The van der Waals surface area contributed by atoms with Gasteiger partial charge in [-0.25, -0.2) is 8.42 Å². The summed E-state index contributed by atoms with van der Waals surface area (Å²) in [4.78, 5) is 2.90. The molecule has 142 valence electrons. The van der Waals surface area contributed by atoms with Gasteiger partial charge in [0.2, 0.25) is 0 Å². The van der Waals surface area contributed by atoms with Crippen molar-refractivity contribution in [3.63, 3.8) is 0 Å². The summed E-state index contributed by atoms with van der Waals surface area (Å²) < 4.78 is 101. The van der Waals surface area contributed by atoms with Crippen LogP contribution in [0.2, 0.25) is 0 Å². The van der Waals surface area contributed by atoms with Crippen LogP contribution >= 0.6 is 0 Å². The van der Waals surface area contributed by atoms with Crippen molar-refractivity contribution in [2.45, 2.75) is 41.8 Å². The van der Waals surface area contributed by atoms with Gasteiger partial charge >= 0.3 is 12.4 Å². The molecule has 0 atom stereocenters. The minimum atomic E-state index is -4.66. The van der Waals surface area contributed by atoms with Crippen LogP contribution in [0.1, 0.15) is 24.8 Å². The number of halogens is 6. The number of benzene rings is 1. The third-order valence-corrected chi connectivity index (χ3v) is 6.81. The van der Waals surface area contributed by atoms with Gasteiger partial charge in [0.15, 0.2) is 9.84 Å². The van der Waals surface area contributed by atoms with Crippen molar-refractivity contribution >= 4 is 15.5 Å². The Morgan fingerprint density at radius 3 is 2.19 bits per heavy atom. The van der Waals surface area contributed by atoms with Crippen molar-refractivity contribution in [3.05, 3.63) is 41.6 Å². The fourth-order valence-electron chi connectivity index (χ4n) is 3.03. The molecule has 2 aliphatic rings. The lowest BCUT2D eigenvalue weighted by atomic mass is 9.78. The molecule has 26 heavy (non-hydrogen) atoms. The molecule has 3 nitrogen and oxygen atoms in total. The number of allylic oxidation sites excluding steroid dienone is 1. The van der Waals surface area contributed by atoms with Crippen molar-refractivity contribution in [3.8, 4) is 0 Å². The molecule has 0 spiro atoms. The monoisotopic (exact) mass is 397 g/mol. The molecule has 1 aromatic rings. The van der Waals surface area contributed by atoms with E-state index >= 15 is 0 Å². The number of hydrogen-bond acceptors (Lipinski definition) is 3. The Balaban J connectivity index is 1.68. The molecule has 1 fully saturated rings. The quantitative estimate of drug-likeness (QED) is 0.703. The van der Waals surface area contributed by atoms with Crippen LogP contribution in [0.4, 0.5) is 26.3 Å². The van der Waals surface area contributed by atoms with Crippen molar-refractivity contribution in [2.24, 2.45) is 10.9 Å². The molecular weight excluding hydrogens is 384 g/mol. The first-order valence-corrected chi connectivity index (χ1v) is 9.17. The molecular formula is C16H13F6NO2S. The summed E-state index contributed by atoms with van der Waals surface area (Å²) in [6.45, 7) is 0. The molecule has 1 aliphatic heterocycles. The van der Waals surface area contributed by atoms with Crippen LogP contribution in [0.5, 0.6) is 0 Å². The molecule has 0 N–H and O–H groups in total. The van der Waals surface area contributed by atoms with Crippen LogP contribution in [-0.2, 0) is 16.0 Å². The van der Waals surface area contributed by atoms with Crippen LogP contribution < -0.4 is 0 Å². The summed E-state index contributed by atoms with van der Waals surface area (Å²) >= 11 is 0. The highest BCUT2D eigenvalue weighted by Gasteiger charge is 2.45. The third kappa shape index (κ3) is 3.51. The molecule has 0 bridgehead atoms. The fourth-order valence-corrected chi connectivity index (χ4v) is 4.95. The summed E-state index contributed by atoms with van der Waals surface area (Å²) in [5.41, 5.74) is -1.57. The van der Waals surface area contributed by atoms with Crippen molar-refractivity contribution < 1.29 is 34.8 Å². The summed E-state index contributed by atoms with van der Waals surface area (Å²) in [6.07, 6.45) is -8.29. The molecule has 10 heteroatoms. The van der Waals surface area contributed by atoms with Crippen LogP contribution in [-0.4, -0.2) is 25.6 Å². The summed E-state index contributed by atoms with van der Waals surface area (Å²) in [6, 6.07) is 3.48. The van der Waals surface area contributed by atoms with Crippen molar-refractivity contribution in [1.82, 2.24) is 0 Å². The largest absolute Gasteiger partial charge is 0.429 e. The SMILES string of the molecule is O=S(=O)(c1cccc(C(F)(F)F)c1)C1CC(C2=CN=C(C(F)(F)F)C2)C1. The number of rotatable bonds is 3. The fraction of sp³-hybridized carbons (Fsp3) is 0.438. The van der Waals surface area contributed by atoms with E-state index in [1.54, 1.807) is 0 Å². The molecule has 0 aromatic heterocycles. The number of nitrogens with zero attached hydrogens (tertiary/aromatic N) is 1. The smallest absolute Gasteiger partial charge is 0.256 e. The van der Waals surface area contributed by atoms with Gasteiger partial charge in [0, 0.05) is 12.6 Å². The van der Waals surface area contributed by atoms with Gasteiger partial charge in [0.25, 0.3) is 0 Å². The maximum Gasteiger partial charge on any atom is 0.429 e. The Bertz CT molecular complexity index is 877. The predicted octanol–water partition coefficient (Wildman–Crippen LogP) is 4.55. The van der Waals surface area contributed by atoms with Gasteiger partial charge in [0.05, 0.1) is 15.7 Å². The van der Waals surface area contributed by atoms with E-state index in [0.717, 1.165) is 24.4 Å². The molecule has 1 heterocycles. The first-order valence-electron chi connectivity index (χ1n) is 7.63. The van der Waals surface area contributed by atoms with Crippen LogP contribution in [0.15, 0.2) is 45.9 Å². The third-order valence-electron chi connectivity index (χ3n) is 4.63. The van der Waals surface area contributed by atoms with Crippen LogP contribution in [0, 0.1) is 5.92 Å².